The van der Waals surface area contributed by atoms with Gasteiger partial charge in [-0.2, -0.15) is 0 Å². The lowest BCUT2D eigenvalue weighted by Crippen LogP contribution is -2.53. The maximum Gasteiger partial charge on any atom is 0.333 e. The first-order valence-electron chi connectivity index (χ1n) is 9.63. The number of benzene rings is 2. The van der Waals surface area contributed by atoms with Gasteiger partial charge in [0, 0.05) is 25.8 Å². The van der Waals surface area contributed by atoms with Crippen LogP contribution in [0.1, 0.15) is 29.8 Å². The van der Waals surface area contributed by atoms with E-state index >= 15 is 0 Å². The highest BCUT2D eigenvalue weighted by Gasteiger charge is 2.33. The number of hydrogen-bond donors (Lipinski definition) is 2. The fraction of sp³-hybridized carbons (Fsp3) is 0.364. The molecule has 0 saturated heterocycles. The lowest BCUT2D eigenvalue weighted by atomic mass is 10.1. The van der Waals surface area contributed by atoms with Gasteiger partial charge in [-0.15, -0.1) is 0 Å². The lowest BCUT2D eigenvalue weighted by Gasteiger charge is -2.38. The number of aliphatic carboxylic acids is 1. The maximum absolute atomic E-state index is 12.6. The van der Waals surface area contributed by atoms with E-state index in [4.69, 9.17) is 9.47 Å². The van der Waals surface area contributed by atoms with Gasteiger partial charge in [-0.1, -0.05) is 24.3 Å². The number of para-hydroxylation sites is 1. The van der Waals surface area contributed by atoms with Crippen LogP contribution in [0.5, 0.6) is 5.75 Å². The van der Waals surface area contributed by atoms with Crippen LogP contribution in [0.15, 0.2) is 48.5 Å². The number of rotatable bonds is 8. The number of carboxylic acids is 1. The number of hydrogen-bond acceptors (Lipinski definition) is 5. The SMILES string of the molecule is CCOC(Cc1ccc(OC(C)C2Nc3ccccc3C(=O)N2C)cc1)C(=O)O. The van der Waals surface area contributed by atoms with Gasteiger partial charge in [0.1, 0.15) is 18.0 Å². The number of fused-ring (bicyclic) bond motifs is 1. The van der Waals surface area contributed by atoms with Gasteiger partial charge in [-0.3, -0.25) is 4.79 Å². The average molecular weight is 398 g/mol. The van der Waals surface area contributed by atoms with Crippen LogP contribution in [0.4, 0.5) is 5.69 Å². The molecule has 3 atom stereocenters. The standard InChI is InChI=1S/C22H26N2O5/c1-4-28-19(22(26)27)13-15-9-11-16(12-10-15)29-14(2)20-23-18-8-6-5-7-17(18)21(25)24(20)3/h5-12,14,19-20,23H,4,13H2,1-3H3,(H,26,27). The fourth-order valence-electron chi connectivity index (χ4n) is 3.42. The molecule has 0 bridgehead atoms. The molecule has 0 saturated carbocycles. The zero-order valence-electron chi connectivity index (χ0n) is 16.8. The Labute approximate surface area is 170 Å². The van der Waals surface area contributed by atoms with E-state index in [1.165, 1.54) is 0 Å². The summed E-state index contributed by atoms with van der Waals surface area (Å²) in [7, 11) is 1.75. The molecule has 1 amide bonds. The number of nitrogens with one attached hydrogen (secondary N) is 1. The second-order valence-corrected chi connectivity index (χ2v) is 7.00. The van der Waals surface area contributed by atoms with E-state index in [1.807, 2.05) is 37.3 Å². The Morgan fingerprint density at radius 2 is 1.90 bits per heavy atom. The molecule has 0 fully saturated rings. The van der Waals surface area contributed by atoms with Crippen molar-refractivity contribution in [3.8, 4) is 5.75 Å². The molecule has 0 aromatic heterocycles. The molecule has 0 radical (unpaired) electrons. The van der Waals surface area contributed by atoms with E-state index in [9.17, 15) is 14.7 Å². The van der Waals surface area contributed by atoms with Crippen molar-refractivity contribution in [2.75, 3.05) is 19.0 Å². The summed E-state index contributed by atoms with van der Waals surface area (Å²) in [5.74, 6) is -0.381. The molecule has 3 rings (SSSR count). The van der Waals surface area contributed by atoms with Crippen LogP contribution in [-0.4, -0.2) is 53.9 Å². The first-order chi connectivity index (χ1) is 13.9. The number of nitrogens with zero attached hydrogens (tertiary/aromatic N) is 1. The molecule has 0 spiro atoms. The molecule has 29 heavy (non-hydrogen) atoms. The number of carbonyl (C=O) groups is 2. The Morgan fingerprint density at radius 3 is 2.55 bits per heavy atom. The molecule has 7 nitrogen and oxygen atoms in total. The summed E-state index contributed by atoms with van der Waals surface area (Å²) in [6.07, 6.45) is -1.20. The normalized spacial score (nSPS) is 17.8. The smallest absolute Gasteiger partial charge is 0.333 e. The first kappa shape index (κ1) is 20.7. The Hall–Kier alpha value is -3.06. The van der Waals surface area contributed by atoms with E-state index in [-0.39, 0.29) is 24.6 Å². The van der Waals surface area contributed by atoms with Gasteiger partial charge in [-0.05, 0) is 43.7 Å². The zero-order chi connectivity index (χ0) is 21.0. The second-order valence-electron chi connectivity index (χ2n) is 7.00. The van der Waals surface area contributed by atoms with Crippen LogP contribution in [0.2, 0.25) is 0 Å². The van der Waals surface area contributed by atoms with Gasteiger partial charge in [0.05, 0.1) is 5.56 Å². The molecular formula is C22H26N2O5. The van der Waals surface area contributed by atoms with E-state index in [0.29, 0.717) is 17.9 Å². The molecule has 0 aliphatic carbocycles. The summed E-state index contributed by atoms with van der Waals surface area (Å²) >= 11 is 0. The summed E-state index contributed by atoms with van der Waals surface area (Å²) in [4.78, 5) is 25.5. The van der Waals surface area contributed by atoms with Crippen molar-refractivity contribution in [3.05, 3.63) is 59.7 Å². The van der Waals surface area contributed by atoms with Crippen molar-refractivity contribution >= 4 is 17.6 Å². The monoisotopic (exact) mass is 398 g/mol. The van der Waals surface area contributed by atoms with Gasteiger partial charge < -0.3 is 24.8 Å². The first-order valence-corrected chi connectivity index (χ1v) is 9.63. The zero-order valence-corrected chi connectivity index (χ0v) is 16.8. The number of carbonyl (C=O) groups excluding carboxylic acids is 1. The number of ether oxygens (including phenoxy) is 2. The third kappa shape index (κ3) is 4.68. The second kappa shape index (κ2) is 8.96. The molecule has 1 heterocycles. The molecule has 7 heteroatoms. The van der Waals surface area contributed by atoms with Gasteiger partial charge in [-0.25, -0.2) is 4.79 Å². The van der Waals surface area contributed by atoms with Crippen LogP contribution < -0.4 is 10.1 Å². The summed E-state index contributed by atoms with van der Waals surface area (Å²) in [6, 6.07) is 14.7. The summed E-state index contributed by atoms with van der Waals surface area (Å²) < 4.78 is 11.3. The molecule has 1 aliphatic rings. The number of carboxylic acid groups (broad SMARTS) is 1. The van der Waals surface area contributed by atoms with Crippen molar-refractivity contribution < 1.29 is 24.2 Å². The van der Waals surface area contributed by atoms with Crippen LogP contribution in [0, 0.1) is 0 Å². The molecule has 154 valence electrons. The highest BCUT2D eigenvalue weighted by atomic mass is 16.5. The van der Waals surface area contributed by atoms with Gasteiger partial charge >= 0.3 is 5.97 Å². The quantitative estimate of drug-likeness (QED) is 0.711. The Bertz CT molecular complexity index is 868. The predicted molar refractivity (Wildman–Crippen MR) is 109 cm³/mol. The van der Waals surface area contributed by atoms with E-state index < -0.39 is 12.1 Å². The number of anilines is 1. The lowest BCUT2D eigenvalue weighted by molar-refractivity contribution is -0.149. The van der Waals surface area contributed by atoms with Gasteiger partial charge in [0.2, 0.25) is 0 Å². The minimum Gasteiger partial charge on any atom is -0.487 e. The van der Waals surface area contributed by atoms with E-state index in [1.54, 1.807) is 37.1 Å². The minimum absolute atomic E-state index is 0.0502. The molecule has 2 N–H and O–H groups in total. The summed E-state index contributed by atoms with van der Waals surface area (Å²) in [5.41, 5.74) is 2.29. The minimum atomic E-state index is -0.975. The van der Waals surface area contributed by atoms with Crippen LogP contribution in [0.25, 0.3) is 0 Å². The molecule has 2 aromatic carbocycles. The van der Waals surface area contributed by atoms with E-state index in [0.717, 1.165) is 11.3 Å². The molecule has 3 unspecified atom stereocenters. The summed E-state index contributed by atoms with van der Waals surface area (Å²) in [5, 5.41) is 12.6. The third-order valence-electron chi connectivity index (χ3n) is 4.95. The van der Waals surface area contributed by atoms with Crippen LogP contribution >= 0.6 is 0 Å². The van der Waals surface area contributed by atoms with Crippen molar-refractivity contribution in [1.82, 2.24) is 4.90 Å². The van der Waals surface area contributed by atoms with Crippen molar-refractivity contribution in [2.45, 2.75) is 38.6 Å². The maximum atomic E-state index is 12.6. The van der Waals surface area contributed by atoms with Gasteiger partial charge in [0.25, 0.3) is 5.91 Å². The Balaban J connectivity index is 1.66. The highest BCUT2D eigenvalue weighted by molar-refractivity contribution is 6.01. The Kier molecular flexibility index (Phi) is 6.39. The molecule has 2 aromatic rings. The largest absolute Gasteiger partial charge is 0.487 e. The van der Waals surface area contributed by atoms with Crippen LogP contribution in [-0.2, 0) is 16.0 Å². The predicted octanol–water partition coefficient (Wildman–Crippen LogP) is 3.01. The number of likely N-dealkylation sites (N-methyl/N-ethyl adjacent to an activating group) is 1. The molecular weight excluding hydrogens is 372 g/mol. The molecule has 1 aliphatic heterocycles. The highest BCUT2D eigenvalue weighted by Crippen LogP contribution is 2.27. The average Bonchev–Trinajstić information content (AvgIpc) is 2.71. The van der Waals surface area contributed by atoms with Gasteiger partial charge in [0.15, 0.2) is 6.10 Å². The topological polar surface area (TPSA) is 88.1 Å². The third-order valence-corrected chi connectivity index (χ3v) is 4.95. The van der Waals surface area contributed by atoms with E-state index in [2.05, 4.69) is 5.32 Å². The van der Waals surface area contributed by atoms with Crippen molar-refractivity contribution in [1.29, 1.82) is 0 Å². The fourth-order valence-corrected chi connectivity index (χ4v) is 3.42. The Morgan fingerprint density at radius 1 is 1.21 bits per heavy atom. The summed E-state index contributed by atoms with van der Waals surface area (Å²) in [6.45, 7) is 4.02. The number of amides is 1. The van der Waals surface area contributed by atoms with Crippen molar-refractivity contribution in [2.24, 2.45) is 0 Å². The van der Waals surface area contributed by atoms with Crippen molar-refractivity contribution in [3.63, 3.8) is 0 Å². The van der Waals surface area contributed by atoms with Crippen LogP contribution in [0.3, 0.4) is 0 Å².